The van der Waals surface area contributed by atoms with Crippen molar-refractivity contribution in [2.24, 2.45) is 5.92 Å². The molecule has 1 aromatic heterocycles. The molecule has 0 aliphatic carbocycles. The molecule has 0 aromatic carbocycles. The number of aryl methyl sites for hydroxylation is 1. The Labute approximate surface area is 79.7 Å². The highest BCUT2D eigenvalue weighted by atomic mass is 16.3. The fraction of sp³-hybridized carbons (Fsp3) is 0.545. The summed E-state index contributed by atoms with van der Waals surface area (Å²) in [6.07, 6.45) is 7.77. The lowest BCUT2D eigenvalue weighted by Gasteiger charge is -1.94. The van der Waals surface area contributed by atoms with Crippen molar-refractivity contribution in [3.8, 4) is 0 Å². The minimum atomic E-state index is 0.692. The second-order valence-corrected chi connectivity index (χ2v) is 3.56. The smallest absolute Gasteiger partial charge is 0.218 e. The van der Waals surface area contributed by atoms with Crippen LogP contribution in [0.4, 0.5) is 0 Å². The molecule has 0 aliphatic heterocycles. The largest absolute Gasteiger partial charge is 0.445 e. The van der Waals surface area contributed by atoms with Crippen molar-refractivity contribution in [3.05, 3.63) is 23.9 Å². The molecule has 2 nitrogen and oxygen atoms in total. The van der Waals surface area contributed by atoms with Crippen LogP contribution in [0.5, 0.6) is 0 Å². The number of rotatable bonds is 4. The van der Waals surface area contributed by atoms with Crippen LogP contribution < -0.4 is 0 Å². The highest BCUT2D eigenvalue weighted by Gasteiger charge is 1.97. The van der Waals surface area contributed by atoms with Crippen molar-refractivity contribution in [2.45, 2.75) is 33.6 Å². The van der Waals surface area contributed by atoms with Crippen molar-refractivity contribution in [1.82, 2.24) is 4.98 Å². The van der Waals surface area contributed by atoms with Gasteiger partial charge in [0.2, 0.25) is 5.89 Å². The Morgan fingerprint density at radius 1 is 1.54 bits per heavy atom. The lowest BCUT2D eigenvalue weighted by atomic mass is 10.1. The molecule has 0 spiro atoms. The molecule has 0 fully saturated rings. The van der Waals surface area contributed by atoms with Crippen LogP contribution in [0.1, 0.15) is 38.8 Å². The van der Waals surface area contributed by atoms with E-state index in [4.69, 9.17) is 4.42 Å². The maximum absolute atomic E-state index is 5.24. The van der Waals surface area contributed by atoms with Gasteiger partial charge in [-0.05, 0) is 24.8 Å². The fourth-order valence-corrected chi connectivity index (χ4v) is 1.00. The van der Waals surface area contributed by atoms with E-state index >= 15 is 0 Å². The molecule has 1 rings (SSSR count). The molecule has 1 heterocycles. The maximum atomic E-state index is 5.24. The average Bonchev–Trinajstić information content (AvgIpc) is 2.52. The van der Waals surface area contributed by atoms with Gasteiger partial charge >= 0.3 is 0 Å². The molecular formula is C11H17NO. The van der Waals surface area contributed by atoms with Crippen LogP contribution in [-0.2, 0) is 6.42 Å². The summed E-state index contributed by atoms with van der Waals surface area (Å²) in [5.74, 6) is 1.41. The standard InChI is InChI=1S/C11H17NO/c1-4-10-8-13-11(12-10)7-5-6-9(2)3/h5,7-9H,4,6H2,1-3H3. The number of aromatic nitrogens is 1. The van der Waals surface area contributed by atoms with E-state index < -0.39 is 0 Å². The summed E-state index contributed by atoms with van der Waals surface area (Å²) in [7, 11) is 0. The molecule has 0 saturated carbocycles. The van der Waals surface area contributed by atoms with E-state index in [1.807, 2.05) is 6.08 Å². The van der Waals surface area contributed by atoms with E-state index in [1.165, 1.54) is 0 Å². The molecule has 0 atom stereocenters. The molecule has 13 heavy (non-hydrogen) atoms. The Balaban J connectivity index is 2.48. The Morgan fingerprint density at radius 2 is 2.31 bits per heavy atom. The third kappa shape index (κ3) is 3.45. The Kier molecular flexibility index (Phi) is 3.74. The summed E-state index contributed by atoms with van der Waals surface area (Å²) in [6, 6.07) is 0. The van der Waals surface area contributed by atoms with Gasteiger partial charge in [0, 0.05) is 0 Å². The zero-order chi connectivity index (χ0) is 9.68. The number of hydrogen-bond donors (Lipinski definition) is 0. The first-order chi connectivity index (χ1) is 6.22. The van der Waals surface area contributed by atoms with Crippen molar-refractivity contribution in [1.29, 1.82) is 0 Å². The Morgan fingerprint density at radius 3 is 2.85 bits per heavy atom. The van der Waals surface area contributed by atoms with Crippen LogP contribution in [0.3, 0.4) is 0 Å². The van der Waals surface area contributed by atoms with Gasteiger partial charge in [-0.1, -0.05) is 26.8 Å². The van der Waals surface area contributed by atoms with Gasteiger partial charge in [0.05, 0.1) is 5.69 Å². The van der Waals surface area contributed by atoms with Crippen molar-refractivity contribution in [2.75, 3.05) is 0 Å². The topological polar surface area (TPSA) is 26.0 Å². The monoisotopic (exact) mass is 179 g/mol. The quantitative estimate of drug-likeness (QED) is 0.708. The van der Waals surface area contributed by atoms with Gasteiger partial charge in [-0.2, -0.15) is 0 Å². The van der Waals surface area contributed by atoms with E-state index in [-0.39, 0.29) is 0 Å². The molecule has 0 N–H and O–H groups in total. The Bertz CT molecular complexity index is 273. The first-order valence-electron chi connectivity index (χ1n) is 4.83. The van der Waals surface area contributed by atoms with Crippen LogP contribution >= 0.6 is 0 Å². The average molecular weight is 179 g/mol. The summed E-state index contributed by atoms with van der Waals surface area (Å²) in [6.45, 7) is 6.45. The van der Waals surface area contributed by atoms with E-state index in [0.717, 1.165) is 24.4 Å². The minimum Gasteiger partial charge on any atom is -0.445 e. The summed E-state index contributed by atoms with van der Waals surface area (Å²) < 4.78 is 5.24. The molecule has 0 saturated heterocycles. The van der Waals surface area contributed by atoms with Gasteiger partial charge in [-0.3, -0.25) is 0 Å². The zero-order valence-electron chi connectivity index (χ0n) is 8.58. The lowest BCUT2D eigenvalue weighted by molar-refractivity contribution is 0.544. The Hall–Kier alpha value is -1.05. The molecular weight excluding hydrogens is 162 g/mol. The van der Waals surface area contributed by atoms with E-state index in [2.05, 4.69) is 31.8 Å². The third-order valence-electron chi connectivity index (χ3n) is 1.80. The van der Waals surface area contributed by atoms with Gasteiger partial charge in [-0.15, -0.1) is 0 Å². The predicted octanol–water partition coefficient (Wildman–Crippen LogP) is 3.30. The van der Waals surface area contributed by atoms with Crippen molar-refractivity contribution in [3.63, 3.8) is 0 Å². The first-order valence-corrected chi connectivity index (χ1v) is 4.83. The van der Waals surface area contributed by atoms with Crippen LogP contribution in [0.2, 0.25) is 0 Å². The van der Waals surface area contributed by atoms with E-state index in [1.54, 1.807) is 6.26 Å². The van der Waals surface area contributed by atoms with E-state index in [0.29, 0.717) is 5.92 Å². The number of nitrogens with zero attached hydrogens (tertiary/aromatic N) is 1. The normalized spacial score (nSPS) is 11.7. The zero-order valence-corrected chi connectivity index (χ0v) is 8.58. The third-order valence-corrected chi connectivity index (χ3v) is 1.80. The molecule has 0 radical (unpaired) electrons. The predicted molar refractivity (Wildman–Crippen MR) is 54.4 cm³/mol. The summed E-state index contributed by atoms with van der Waals surface area (Å²) in [5.41, 5.74) is 1.02. The summed E-state index contributed by atoms with van der Waals surface area (Å²) in [5, 5.41) is 0. The SMILES string of the molecule is CCc1coc(C=CCC(C)C)n1. The summed E-state index contributed by atoms with van der Waals surface area (Å²) >= 11 is 0. The molecule has 0 unspecified atom stereocenters. The number of hydrogen-bond acceptors (Lipinski definition) is 2. The molecule has 0 bridgehead atoms. The lowest BCUT2D eigenvalue weighted by Crippen LogP contribution is -1.82. The summed E-state index contributed by atoms with van der Waals surface area (Å²) in [4.78, 5) is 4.27. The first kappa shape index (κ1) is 10.0. The van der Waals surface area contributed by atoms with Gasteiger partial charge in [-0.25, -0.2) is 4.98 Å². The van der Waals surface area contributed by atoms with Crippen molar-refractivity contribution < 1.29 is 4.42 Å². The molecule has 1 aromatic rings. The van der Waals surface area contributed by atoms with Crippen LogP contribution in [0, 0.1) is 5.92 Å². The molecule has 0 aliphatic rings. The number of allylic oxidation sites excluding steroid dienone is 1. The van der Waals surface area contributed by atoms with Gasteiger partial charge in [0.15, 0.2) is 0 Å². The van der Waals surface area contributed by atoms with Gasteiger partial charge < -0.3 is 4.42 Å². The fourth-order valence-electron chi connectivity index (χ4n) is 1.00. The van der Waals surface area contributed by atoms with Crippen LogP contribution in [0.25, 0.3) is 6.08 Å². The molecule has 2 heteroatoms. The minimum absolute atomic E-state index is 0.692. The van der Waals surface area contributed by atoms with Crippen molar-refractivity contribution >= 4 is 6.08 Å². The van der Waals surface area contributed by atoms with Crippen LogP contribution in [-0.4, -0.2) is 4.98 Å². The van der Waals surface area contributed by atoms with Gasteiger partial charge in [0.1, 0.15) is 6.26 Å². The highest BCUT2D eigenvalue weighted by molar-refractivity contribution is 5.37. The van der Waals surface area contributed by atoms with Crippen LogP contribution in [0.15, 0.2) is 16.8 Å². The molecule has 0 amide bonds. The van der Waals surface area contributed by atoms with E-state index in [9.17, 15) is 0 Å². The number of oxazole rings is 1. The van der Waals surface area contributed by atoms with Gasteiger partial charge in [0.25, 0.3) is 0 Å². The second-order valence-electron chi connectivity index (χ2n) is 3.56. The molecule has 72 valence electrons. The maximum Gasteiger partial charge on any atom is 0.218 e. The second kappa shape index (κ2) is 4.85. The highest BCUT2D eigenvalue weighted by Crippen LogP contribution is 2.07.